The second kappa shape index (κ2) is 5.29. The van der Waals surface area contributed by atoms with Gasteiger partial charge in [-0.3, -0.25) is 14.9 Å². The highest BCUT2D eigenvalue weighted by atomic mass is 32.1. The van der Waals surface area contributed by atoms with Gasteiger partial charge in [-0.2, -0.15) is 0 Å². The molecule has 1 fully saturated rings. The number of benzene rings is 1. The fraction of sp³-hybridized carbons (Fsp3) is 0.267. The number of nitrogens with zero attached hydrogens (tertiary/aromatic N) is 2. The monoisotopic (exact) mass is 301 g/mol. The molecule has 1 saturated heterocycles. The topological polar surface area (TPSA) is 62.3 Å². The molecular weight excluding hydrogens is 286 g/mol. The van der Waals surface area contributed by atoms with Gasteiger partial charge in [-0.1, -0.05) is 18.2 Å². The first kappa shape index (κ1) is 13.8. The Morgan fingerprint density at radius 1 is 1.33 bits per heavy atom. The van der Waals surface area contributed by atoms with E-state index in [1.165, 1.54) is 11.3 Å². The number of hydrogen-bond acceptors (Lipinski definition) is 4. The predicted molar refractivity (Wildman–Crippen MR) is 81.2 cm³/mol. The molecule has 0 spiro atoms. The molecule has 6 heteroatoms. The van der Waals surface area contributed by atoms with E-state index >= 15 is 0 Å². The van der Waals surface area contributed by atoms with Gasteiger partial charge in [0.2, 0.25) is 0 Å². The Morgan fingerprint density at radius 3 is 2.67 bits per heavy atom. The third-order valence-electron chi connectivity index (χ3n) is 3.83. The van der Waals surface area contributed by atoms with Crippen molar-refractivity contribution in [3.63, 3.8) is 0 Å². The van der Waals surface area contributed by atoms with E-state index < -0.39 is 5.54 Å². The number of likely N-dealkylation sites (tertiary alicyclic amines) is 1. The molecule has 0 bridgehead atoms. The van der Waals surface area contributed by atoms with Gasteiger partial charge >= 0.3 is 0 Å². The standard InChI is InChI=1S/C15H15N3O2S/c1-15(13(20)17-14-16-8-10-21-14)7-9-18(15)12(19)11-5-3-2-4-6-11/h2-6,8,10H,7,9H2,1H3,(H,16,17,20). The highest BCUT2D eigenvalue weighted by Crippen LogP contribution is 2.33. The number of nitrogens with one attached hydrogen (secondary N) is 1. The molecular formula is C15H15N3O2S. The first-order chi connectivity index (χ1) is 10.1. The third-order valence-corrected chi connectivity index (χ3v) is 4.51. The SMILES string of the molecule is CC1(C(=O)Nc2nccs2)CCN1C(=O)c1ccccc1. The zero-order chi connectivity index (χ0) is 14.9. The molecule has 1 atom stereocenters. The summed E-state index contributed by atoms with van der Waals surface area (Å²) in [6.45, 7) is 2.38. The van der Waals surface area contributed by atoms with Gasteiger partial charge in [0.05, 0.1) is 0 Å². The summed E-state index contributed by atoms with van der Waals surface area (Å²) in [6, 6.07) is 9.03. The van der Waals surface area contributed by atoms with Crippen LogP contribution in [0.15, 0.2) is 41.9 Å². The second-order valence-electron chi connectivity index (χ2n) is 5.14. The van der Waals surface area contributed by atoms with Crippen LogP contribution in [0.3, 0.4) is 0 Å². The number of carbonyl (C=O) groups excluding carboxylic acids is 2. The van der Waals surface area contributed by atoms with E-state index in [2.05, 4.69) is 10.3 Å². The summed E-state index contributed by atoms with van der Waals surface area (Å²) in [5.74, 6) is -0.299. The Hall–Kier alpha value is -2.21. The lowest BCUT2D eigenvalue weighted by molar-refractivity contribution is -0.132. The molecule has 5 nitrogen and oxygen atoms in total. The maximum absolute atomic E-state index is 12.5. The highest BCUT2D eigenvalue weighted by Gasteiger charge is 2.49. The fourth-order valence-electron chi connectivity index (χ4n) is 2.37. The van der Waals surface area contributed by atoms with E-state index in [-0.39, 0.29) is 11.8 Å². The van der Waals surface area contributed by atoms with E-state index in [1.807, 2.05) is 18.2 Å². The highest BCUT2D eigenvalue weighted by molar-refractivity contribution is 7.13. The van der Waals surface area contributed by atoms with Crippen molar-refractivity contribution in [3.8, 4) is 0 Å². The first-order valence-corrected chi connectivity index (χ1v) is 7.57. The van der Waals surface area contributed by atoms with Crippen molar-refractivity contribution in [1.29, 1.82) is 0 Å². The summed E-state index contributed by atoms with van der Waals surface area (Å²) in [4.78, 5) is 30.6. The van der Waals surface area contributed by atoms with Crippen LogP contribution in [0.5, 0.6) is 0 Å². The molecule has 0 radical (unpaired) electrons. The molecule has 1 aliphatic rings. The maximum atomic E-state index is 12.5. The summed E-state index contributed by atoms with van der Waals surface area (Å²) in [5, 5.41) is 5.13. The van der Waals surface area contributed by atoms with Crippen LogP contribution < -0.4 is 5.32 Å². The molecule has 21 heavy (non-hydrogen) atoms. The minimum atomic E-state index is -0.807. The number of aromatic nitrogens is 1. The largest absolute Gasteiger partial charge is 0.324 e. The van der Waals surface area contributed by atoms with Gasteiger partial charge in [-0.15, -0.1) is 11.3 Å². The Balaban J connectivity index is 1.76. The van der Waals surface area contributed by atoms with Crippen LogP contribution in [0.2, 0.25) is 0 Å². The number of thiazole rings is 1. The molecule has 0 saturated carbocycles. The normalized spacial score (nSPS) is 20.7. The summed E-state index contributed by atoms with van der Waals surface area (Å²) in [6.07, 6.45) is 2.29. The van der Waals surface area contributed by atoms with Gasteiger partial charge in [0.25, 0.3) is 11.8 Å². The predicted octanol–water partition coefficient (Wildman–Crippen LogP) is 2.39. The van der Waals surface area contributed by atoms with Crippen molar-refractivity contribution in [2.24, 2.45) is 0 Å². The van der Waals surface area contributed by atoms with E-state index in [0.29, 0.717) is 23.7 Å². The van der Waals surface area contributed by atoms with Crippen LogP contribution in [0.1, 0.15) is 23.7 Å². The second-order valence-corrected chi connectivity index (χ2v) is 6.03. The molecule has 2 amide bonds. The molecule has 1 aromatic heterocycles. The van der Waals surface area contributed by atoms with Crippen LogP contribution in [0.4, 0.5) is 5.13 Å². The lowest BCUT2D eigenvalue weighted by Gasteiger charge is -2.48. The summed E-state index contributed by atoms with van der Waals surface area (Å²) >= 11 is 1.36. The molecule has 108 valence electrons. The first-order valence-electron chi connectivity index (χ1n) is 6.69. The van der Waals surface area contributed by atoms with Crippen LogP contribution in [-0.2, 0) is 4.79 Å². The van der Waals surface area contributed by atoms with Crippen LogP contribution in [-0.4, -0.2) is 33.8 Å². The van der Waals surface area contributed by atoms with Crippen molar-refractivity contribution in [2.45, 2.75) is 18.9 Å². The Morgan fingerprint density at radius 2 is 2.10 bits per heavy atom. The molecule has 1 aromatic carbocycles. The van der Waals surface area contributed by atoms with Crippen molar-refractivity contribution in [2.75, 3.05) is 11.9 Å². The van der Waals surface area contributed by atoms with Crippen LogP contribution in [0, 0.1) is 0 Å². The number of anilines is 1. The zero-order valence-corrected chi connectivity index (χ0v) is 12.4. The third kappa shape index (κ3) is 2.42. The molecule has 3 rings (SSSR count). The van der Waals surface area contributed by atoms with Gasteiger partial charge in [-0.05, 0) is 25.5 Å². The van der Waals surface area contributed by atoms with Gasteiger partial charge in [0.15, 0.2) is 5.13 Å². The molecule has 2 heterocycles. The quantitative estimate of drug-likeness (QED) is 0.947. The van der Waals surface area contributed by atoms with Crippen molar-refractivity contribution < 1.29 is 9.59 Å². The maximum Gasteiger partial charge on any atom is 0.254 e. The van der Waals surface area contributed by atoms with E-state index in [1.54, 1.807) is 35.5 Å². The minimum Gasteiger partial charge on any atom is -0.324 e. The van der Waals surface area contributed by atoms with Gasteiger partial charge in [0.1, 0.15) is 5.54 Å². The smallest absolute Gasteiger partial charge is 0.254 e. The van der Waals surface area contributed by atoms with Crippen LogP contribution in [0.25, 0.3) is 0 Å². The minimum absolute atomic E-state index is 0.112. The van der Waals surface area contributed by atoms with E-state index in [0.717, 1.165) is 0 Å². The van der Waals surface area contributed by atoms with E-state index in [9.17, 15) is 9.59 Å². The lowest BCUT2D eigenvalue weighted by Crippen LogP contribution is -2.66. The number of amides is 2. The summed E-state index contributed by atoms with van der Waals surface area (Å²) in [5.41, 5.74) is -0.205. The lowest BCUT2D eigenvalue weighted by atomic mass is 9.85. The van der Waals surface area contributed by atoms with Gasteiger partial charge in [-0.25, -0.2) is 4.98 Å². The average molecular weight is 301 g/mol. The molecule has 2 aromatic rings. The van der Waals surface area contributed by atoms with Crippen molar-refractivity contribution >= 4 is 28.3 Å². The summed E-state index contributed by atoms with van der Waals surface area (Å²) < 4.78 is 0. The number of carbonyl (C=O) groups is 2. The Kier molecular flexibility index (Phi) is 3.47. The van der Waals surface area contributed by atoms with Crippen molar-refractivity contribution in [3.05, 3.63) is 47.5 Å². The number of rotatable bonds is 3. The average Bonchev–Trinajstić information content (AvgIpc) is 2.99. The van der Waals surface area contributed by atoms with Crippen molar-refractivity contribution in [1.82, 2.24) is 9.88 Å². The Bertz CT molecular complexity index is 657. The van der Waals surface area contributed by atoms with Gasteiger partial charge in [0, 0.05) is 23.7 Å². The molecule has 1 N–H and O–H groups in total. The molecule has 1 aliphatic heterocycles. The zero-order valence-electron chi connectivity index (χ0n) is 11.6. The Labute approximate surface area is 126 Å². The van der Waals surface area contributed by atoms with Gasteiger partial charge < -0.3 is 4.90 Å². The summed E-state index contributed by atoms with van der Waals surface area (Å²) in [7, 11) is 0. The van der Waals surface area contributed by atoms with E-state index in [4.69, 9.17) is 0 Å². The van der Waals surface area contributed by atoms with Crippen LogP contribution >= 0.6 is 11.3 Å². The molecule has 1 unspecified atom stereocenters. The molecule has 0 aliphatic carbocycles. The number of hydrogen-bond donors (Lipinski definition) is 1. The fourth-order valence-corrected chi connectivity index (χ4v) is 2.90.